The maximum atomic E-state index is 10.8. The van der Waals surface area contributed by atoms with Crippen LogP contribution >= 0.6 is 0 Å². The van der Waals surface area contributed by atoms with E-state index in [4.69, 9.17) is 10.5 Å². The van der Waals surface area contributed by atoms with Crippen LogP contribution in [0.3, 0.4) is 0 Å². The Morgan fingerprint density at radius 1 is 1.73 bits per heavy atom. The highest BCUT2D eigenvalue weighted by atomic mass is 16.4. The predicted molar refractivity (Wildman–Crippen MR) is 36.0 cm³/mol. The first-order valence-electron chi connectivity index (χ1n) is 3.21. The van der Waals surface area contributed by atoms with Gasteiger partial charge in [-0.25, -0.2) is 0 Å². The van der Waals surface area contributed by atoms with Crippen molar-refractivity contribution in [1.29, 1.82) is 5.26 Å². The zero-order valence-electron chi connectivity index (χ0n) is 5.74. The third-order valence-corrected chi connectivity index (χ3v) is 1.33. The minimum Gasteiger partial charge on any atom is -0.410 e. The second-order valence-electron chi connectivity index (χ2n) is 2.31. The van der Waals surface area contributed by atoms with E-state index >= 15 is 0 Å². The summed E-state index contributed by atoms with van der Waals surface area (Å²) in [6, 6.07) is 1.65. The fourth-order valence-electron chi connectivity index (χ4n) is 0.600. The van der Waals surface area contributed by atoms with Crippen molar-refractivity contribution in [2.45, 2.75) is 18.9 Å². The van der Waals surface area contributed by atoms with Crippen LogP contribution in [-0.2, 0) is 4.79 Å². The van der Waals surface area contributed by atoms with Crippen molar-refractivity contribution >= 4 is 11.6 Å². The number of nitrogens with zero attached hydrogens (tertiary/aromatic N) is 2. The molecule has 0 aromatic rings. The summed E-state index contributed by atoms with van der Waals surface area (Å²) in [5.74, 6) is -0.600. The first-order chi connectivity index (χ1) is 5.27. The molecule has 0 radical (unpaired) electrons. The molecule has 0 aromatic heterocycles. The Balaban J connectivity index is 2.45. The molecule has 1 fully saturated rings. The van der Waals surface area contributed by atoms with E-state index in [1.807, 2.05) is 0 Å². The number of nitrogens with one attached hydrogen (secondary N) is 1. The van der Waals surface area contributed by atoms with E-state index < -0.39 is 11.6 Å². The molecular weight excluding hydrogens is 146 g/mol. The Bertz CT molecular complexity index is 237. The molecule has 0 atom stereocenters. The summed E-state index contributed by atoms with van der Waals surface area (Å²) in [5.41, 5.74) is -0.489. The molecule has 2 N–H and O–H groups in total. The normalized spacial score (nSPS) is 17.2. The fraction of sp³-hybridized carbons (Fsp3) is 0.500. The predicted octanol–water partition coefficient (Wildman–Crippen LogP) is -0.381. The van der Waals surface area contributed by atoms with Gasteiger partial charge in [-0.15, -0.1) is 0 Å². The number of rotatable bonds is 2. The van der Waals surface area contributed by atoms with Gasteiger partial charge < -0.3 is 10.5 Å². The Morgan fingerprint density at radius 3 is 2.73 bits per heavy atom. The second kappa shape index (κ2) is 3.01. The van der Waals surface area contributed by atoms with Gasteiger partial charge in [0.15, 0.2) is 0 Å². The second-order valence-corrected chi connectivity index (χ2v) is 2.31. The number of amides is 1. The zero-order chi connectivity index (χ0) is 8.27. The quantitative estimate of drug-likeness (QED) is 0.322. The lowest BCUT2D eigenvalue weighted by molar-refractivity contribution is -0.114. The monoisotopic (exact) mass is 153 g/mol. The van der Waals surface area contributed by atoms with Crippen molar-refractivity contribution in [2.75, 3.05) is 0 Å². The van der Waals surface area contributed by atoms with E-state index in [0.717, 1.165) is 12.8 Å². The standard InChI is InChI=1S/C6H7N3O2/c7-3-5(9-11)6(10)8-4-1-2-4/h4,11H,1-2H2,(H,8,10)/b9-5+. The van der Waals surface area contributed by atoms with E-state index in [2.05, 4.69) is 10.5 Å². The number of oxime groups is 1. The van der Waals surface area contributed by atoms with Crippen LogP contribution < -0.4 is 5.32 Å². The van der Waals surface area contributed by atoms with Gasteiger partial charge in [0.2, 0.25) is 5.71 Å². The zero-order valence-corrected chi connectivity index (χ0v) is 5.74. The van der Waals surface area contributed by atoms with Crippen LogP contribution in [0, 0.1) is 11.3 Å². The molecule has 11 heavy (non-hydrogen) atoms. The highest BCUT2D eigenvalue weighted by Crippen LogP contribution is 2.18. The maximum absolute atomic E-state index is 10.8. The minimum atomic E-state index is -0.600. The van der Waals surface area contributed by atoms with E-state index in [0.29, 0.717) is 0 Å². The average Bonchev–Trinajstić information content (AvgIpc) is 2.74. The van der Waals surface area contributed by atoms with Gasteiger partial charge >= 0.3 is 0 Å². The van der Waals surface area contributed by atoms with Gasteiger partial charge in [-0.1, -0.05) is 5.16 Å². The summed E-state index contributed by atoms with van der Waals surface area (Å²) in [7, 11) is 0. The number of hydrogen-bond acceptors (Lipinski definition) is 4. The van der Waals surface area contributed by atoms with Crippen molar-refractivity contribution in [1.82, 2.24) is 5.32 Å². The Morgan fingerprint density at radius 2 is 2.36 bits per heavy atom. The highest BCUT2D eigenvalue weighted by molar-refractivity contribution is 6.45. The Kier molecular flexibility index (Phi) is 2.06. The molecule has 1 aliphatic carbocycles. The van der Waals surface area contributed by atoms with Crippen molar-refractivity contribution in [3.05, 3.63) is 0 Å². The molecule has 0 aromatic carbocycles. The van der Waals surface area contributed by atoms with Crippen molar-refractivity contribution in [3.63, 3.8) is 0 Å². The average molecular weight is 153 g/mol. The molecule has 0 aliphatic heterocycles. The molecule has 1 saturated carbocycles. The summed E-state index contributed by atoms with van der Waals surface area (Å²) in [6.07, 6.45) is 1.88. The molecule has 1 rings (SSSR count). The van der Waals surface area contributed by atoms with Gasteiger partial charge in [0, 0.05) is 6.04 Å². The molecular formula is C6H7N3O2. The largest absolute Gasteiger partial charge is 0.410 e. The molecule has 5 nitrogen and oxygen atoms in total. The van der Waals surface area contributed by atoms with E-state index in [1.54, 1.807) is 0 Å². The maximum Gasteiger partial charge on any atom is 0.284 e. The van der Waals surface area contributed by atoms with Gasteiger partial charge in [-0.05, 0) is 12.8 Å². The van der Waals surface area contributed by atoms with Crippen LogP contribution in [0.1, 0.15) is 12.8 Å². The number of nitriles is 1. The molecule has 58 valence electrons. The number of hydrogen-bond donors (Lipinski definition) is 2. The molecule has 0 saturated heterocycles. The van der Waals surface area contributed by atoms with E-state index in [9.17, 15) is 4.79 Å². The molecule has 0 bridgehead atoms. The first kappa shape index (κ1) is 7.54. The van der Waals surface area contributed by atoms with Crippen LogP contribution in [-0.4, -0.2) is 22.9 Å². The topological polar surface area (TPSA) is 85.5 Å². The summed E-state index contributed by atoms with van der Waals surface area (Å²) >= 11 is 0. The van der Waals surface area contributed by atoms with Crippen LogP contribution in [0.5, 0.6) is 0 Å². The molecule has 1 amide bonds. The molecule has 0 spiro atoms. The molecule has 0 unspecified atom stereocenters. The summed E-state index contributed by atoms with van der Waals surface area (Å²) < 4.78 is 0. The van der Waals surface area contributed by atoms with E-state index in [1.165, 1.54) is 6.07 Å². The molecule has 0 heterocycles. The SMILES string of the molecule is N#C/C(=N\O)C(=O)NC1CC1. The van der Waals surface area contributed by atoms with Gasteiger partial charge in [-0.3, -0.25) is 4.79 Å². The first-order valence-corrected chi connectivity index (χ1v) is 3.21. The lowest BCUT2D eigenvalue weighted by Gasteiger charge is -1.96. The van der Waals surface area contributed by atoms with E-state index in [-0.39, 0.29) is 6.04 Å². The number of carbonyl (C=O) groups excluding carboxylic acids is 1. The minimum absolute atomic E-state index is 0.174. The summed E-state index contributed by atoms with van der Waals surface area (Å²) in [6.45, 7) is 0. The lowest BCUT2D eigenvalue weighted by Crippen LogP contribution is -2.31. The Hall–Kier alpha value is -1.57. The van der Waals surface area contributed by atoms with Gasteiger partial charge in [-0.2, -0.15) is 5.26 Å². The van der Waals surface area contributed by atoms with Gasteiger partial charge in [0.25, 0.3) is 5.91 Å². The third-order valence-electron chi connectivity index (χ3n) is 1.33. The summed E-state index contributed by atoms with van der Waals surface area (Å²) in [5, 5.41) is 21.4. The van der Waals surface area contributed by atoms with Crippen LogP contribution in [0.4, 0.5) is 0 Å². The molecule has 5 heteroatoms. The van der Waals surface area contributed by atoms with Gasteiger partial charge in [0.1, 0.15) is 6.07 Å². The smallest absolute Gasteiger partial charge is 0.284 e. The third kappa shape index (κ3) is 1.93. The number of carbonyl (C=O) groups is 1. The van der Waals surface area contributed by atoms with Crippen molar-refractivity contribution in [3.8, 4) is 6.07 Å². The van der Waals surface area contributed by atoms with Crippen LogP contribution in [0.25, 0.3) is 0 Å². The van der Waals surface area contributed by atoms with Gasteiger partial charge in [0.05, 0.1) is 0 Å². The van der Waals surface area contributed by atoms with Crippen molar-refractivity contribution < 1.29 is 10.0 Å². The fourth-order valence-corrected chi connectivity index (χ4v) is 0.600. The lowest BCUT2D eigenvalue weighted by atomic mass is 10.4. The summed E-state index contributed by atoms with van der Waals surface area (Å²) in [4.78, 5) is 10.8. The van der Waals surface area contributed by atoms with Crippen LogP contribution in [0.2, 0.25) is 0 Å². The highest BCUT2D eigenvalue weighted by Gasteiger charge is 2.25. The van der Waals surface area contributed by atoms with Crippen LogP contribution in [0.15, 0.2) is 5.16 Å². The van der Waals surface area contributed by atoms with Crippen molar-refractivity contribution in [2.24, 2.45) is 5.16 Å². The molecule has 1 aliphatic rings. The Labute approximate surface area is 63.3 Å².